The predicted molar refractivity (Wildman–Crippen MR) is 72.8 cm³/mol. The number of carbonyl (C=O) groups is 1. The average Bonchev–Trinajstić information content (AvgIpc) is 2.58. The number of carbonyl (C=O) groups excluding carboxylic acids is 1. The smallest absolute Gasteiger partial charge is 0.326 e. The summed E-state index contributed by atoms with van der Waals surface area (Å²) < 4.78 is 6.89. The van der Waals surface area contributed by atoms with Crippen LogP contribution >= 0.6 is 11.6 Å². The van der Waals surface area contributed by atoms with Crippen LogP contribution in [0.3, 0.4) is 0 Å². The lowest BCUT2D eigenvalue weighted by Crippen LogP contribution is -2.26. The largest absolute Gasteiger partial charge is 0.459 e. The highest BCUT2D eigenvalue weighted by Crippen LogP contribution is 2.22. The molecule has 0 spiro atoms. The summed E-state index contributed by atoms with van der Waals surface area (Å²) >= 11 is 5.96. The van der Waals surface area contributed by atoms with Crippen LogP contribution in [0, 0.1) is 0 Å². The van der Waals surface area contributed by atoms with E-state index in [-0.39, 0.29) is 23.6 Å². The molecule has 0 aliphatic carbocycles. The Balaban J connectivity index is 2.29. The number of nitrogens with two attached hydrogens (primary N) is 1. The van der Waals surface area contributed by atoms with Crippen LogP contribution in [0.4, 0.5) is 5.95 Å². The summed E-state index contributed by atoms with van der Waals surface area (Å²) in [5.41, 5.74) is 5.54. The normalized spacial score (nSPS) is 11.8. The Morgan fingerprint density at radius 2 is 2.16 bits per heavy atom. The van der Waals surface area contributed by atoms with E-state index in [9.17, 15) is 4.79 Å². The number of fused-ring (bicyclic) bond motifs is 1. The van der Waals surface area contributed by atoms with E-state index in [4.69, 9.17) is 22.1 Å². The van der Waals surface area contributed by atoms with E-state index < -0.39 is 5.60 Å². The van der Waals surface area contributed by atoms with Crippen LogP contribution in [0.5, 0.6) is 0 Å². The van der Waals surface area contributed by atoms with Crippen molar-refractivity contribution in [3.05, 3.63) is 17.4 Å². The second-order valence-corrected chi connectivity index (χ2v) is 5.50. The number of hydrogen-bond acceptors (Lipinski definition) is 5. The molecule has 0 aliphatic rings. The van der Waals surface area contributed by atoms with Crippen LogP contribution in [0.25, 0.3) is 11.0 Å². The number of nitrogen functional groups attached to an aromatic ring is 1. The number of aromatic nitrogens is 3. The molecule has 0 saturated heterocycles. The van der Waals surface area contributed by atoms with Gasteiger partial charge in [-0.25, -0.2) is 4.98 Å². The quantitative estimate of drug-likeness (QED) is 0.673. The molecule has 0 bridgehead atoms. The van der Waals surface area contributed by atoms with Crippen LogP contribution in [0.15, 0.2) is 12.3 Å². The molecule has 102 valence electrons. The van der Waals surface area contributed by atoms with Crippen molar-refractivity contribution in [2.45, 2.75) is 32.9 Å². The first-order valence-electron chi connectivity index (χ1n) is 5.76. The minimum absolute atomic E-state index is 0.0492. The highest BCUT2D eigenvalue weighted by molar-refractivity contribution is 6.34. The van der Waals surface area contributed by atoms with Gasteiger partial charge in [0.2, 0.25) is 5.95 Å². The SMILES string of the molecule is CC(C)(C)OC(=O)Cn1ccc2c(Cl)nc(N)nc21. The van der Waals surface area contributed by atoms with Crippen molar-refractivity contribution in [3.8, 4) is 0 Å². The topological polar surface area (TPSA) is 83.0 Å². The molecule has 0 aliphatic heterocycles. The zero-order valence-corrected chi connectivity index (χ0v) is 11.7. The first kappa shape index (κ1) is 13.6. The van der Waals surface area contributed by atoms with E-state index in [1.807, 2.05) is 20.8 Å². The third-order valence-corrected chi connectivity index (χ3v) is 2.60. The lowest BCUT2D eigenvalue weighted by atomic mass is 10.2. The minimum Gasteiger partial charge on any atom is -0.459 e. The molecule has 7 heteroatoms. The Morgan fingerprint density at radius 1 is 1.47 bits per heavy atom. The van der Waals surface area contributed by atoms with Crippen molar-refractivity contribution in [1.82, 2.24) is 14.5 Å². The molecule has 0 saturated carbocycles. The monoisotopic (exact) mass is 282 g/mol. The van der Waals surface area contributed by atoms with Gasteiger partial charge in [-0.3, -0.25) is 4.79 Å². The summed E-state index contributed by atoms with van der Waals surface area (Å²) in [6, 6.07) is 1.74. The Morgan fingerprint density at radius 3 is 2.79 bits per heavy atom. The van der Waals surface area contributed by atoms with E-state index >= 15 is 0 Å². The van der Waals surface area contributed by atoms with Gasteiger partial charge in [0.1, 0.15) is 22.9 Å². The number of halogens is 1. The average molecular weight is 283 g/mol. The van der Waals surface area contributed by atoms with Crippen molar-refractivity contribution < 1.29 is 9.53 Å². The Hall–Kier alpha value is -1.82. The maximum atomic E-state index is 11.8. The standard InChI is InChI=1S/C12H15ClN4O2/c1-12(2,3)19-8(18)6-17-5-4-7-9(13)15-11(14)16-10(7)17/h4-5H,6H2,1-3H3,(H2,14,15,16). The molecular weight excluding hydrogens is 268 g/mol. The van der Waals surface area contributed by atoms with Gasteiger partial charge in [0.05, 0.1) is 5.39 Å². The van der Waals surface area contributed by atoms with Gasteiger partial charge in [-0.15, -0.1) is 0 Å². The predicted octanol–water partition coefficient (Wildman–Crippen LogP) is 2.01. The van der Waals surface area contributed by atoms with Gasteiger partial charge in [-0.05, 0) is 26.8 Å². The summed E-state index contributed by atoms with van der Waals surface area (Å²) in [6.45, 7) is 5.49. The number of nitrogens with zero attached hydrogens (tertiary/aromatic N) is 3. The summed E-state index contributed by atoms with van der Waals surface area (Å²) in [4.78, 5) is 19.7. The van der Waals surface area contributed by atoms with Crippen LogP contribution in [0.2, 0.25) is 5.15 Å². The Bertz CT molecular complexity index is 630. The van der Waals surface area contributed by atoms with Gasteiger partial charge < -0.3 is 15.0 Å². The number of anilines is 1. The number of esters is 1. The van der Waals surface area contributed by atoms with Crippen molar-refractivity contribution >= 4 is 34.6 Å². The summed E-state index contributed by atoms with van der Waals surface area (Å²) in [7, 11) is 0. The molecule has 0 fully saturated rings. The zero-order chi connectivity index (χ0) is 14.2. The molecule has 2 aromatic heterocycles. The molecule has 6 nitrogen and oxygen atoms in total. The fourth-order valence-electron chi connectivity index (χ4n) is 1.68. The van der Waals surface area contributed by atoms with Crippen LogP contribution in [0.1, 0.15) is 20.8 Å². The molecule has 2 aromatic rings. The van der Waals surface area contributed by atoms with Crippen molar-refractivity contribution in [2.75, 3.05) is 5.73 Å². The van der Waals surface area contributed by atoms with Crippen LogP contribution in [-0.4, -0.2) is 26.1 Å². The molecule has 2 rings (SSSR count). The summed E-state index contributed by atoms with van der Waals surface area (Å²) in [5, 5.41) is 0.921. The van der Waals surface area contributed by atoms with Crippen LogP contribution in [-0.2, 0) is 16.1 Å². The molecule has 0 aromatic carbocycles. The first-order valence-corrected chi connectivity index (χ1v) is 6.14. The Labute approximate surface area is 115 Å². The maximum absolute atomic E-state index is 11.8. The van der Waals surface area contributed by atoms with E-state index in [1.54, 1.807) is 16.8 Å². The summed E-state index contributed by atoms with van der Waals surface area (Å²) in [5.74, 6) is -0.278. The van der Waals surface area contributed by atoms with Crippen molar-refractivity contribution in [2.24, 2.45) is 0 Å². The maximum Gasteiger partial charge on any atom is 0.326 e. The number of ether oxygens (including phenoxy) is 1. The molecule has 0 amide bonds. The fourth-order valence-corrected chi connectivity index (χ4v) is 1.92. The second-order valence-electron chi connectivity index (χ2n) is 5.14. The molecule has 0 radical (unpaired) electrons. The number of rotatable bonds is 2. The summed E-state index contributed by atoms with van der Waals surface area (Å²) in [6.07, 6.45) is 1.70. The van der Waals surface area contributed by atoms with Gasteiger partial charge >= 0.3 is 5.97 Å². The van der Waals surface area contributed by atoms with Gasteiger partial charge in [0.15, 0.2) is 0 Å². The third-order valence-electron chi connectivity index (χ3n) is 2.31. The molecular formula is C12H15ClN4O2. The van der Waals surface area contributed by atoms with E-state index in [0.717, 1.165) is 0 Å². The van der Waals surface area contributed by atoms with Crippen LogP contribution < -0.4 is 5.73 Å². The molecule has 0 unspecified atom stereocenters. The van der Waals surface area contributed by atoms with Crippen molar-refractivity contribution in [1.29, 1.82) is 0 Å². The minimum atomic E-state index is -0.522. The van der Waals surface area contributed by atoms with E-state index in [0.29, 0.717) is 11.0 Å². The zero-order valence-electron chi connectivity index (χ0n) is 11.0. The van der Waals surface area contributed by atoms with Gasteiger partial charge in [-0.2, -0.15) is 4.98 Å². The van der Waals surface area contributed by atoms with Gasteiger partial charge in [-0.1, -0.05) is 11.6 Å². The van der Waals surface area contributed by atoms with Crippen molar-refractivity contribution in [3.63, 3.8) is 0 Å². The highest BCUT2D eigenvalue weighted by Gasteiger charge is 2.18. The highest BCUT2D eigenvalue weighted by atomic mass is 35.5. The van der Waals surface area contributed by atoms with E-state index in [1.165, 1.54) is 0 Å². The second kappa shape index (κ2) is 4.70. The molecule has 2 N–H and O–H groups in total. The first-order chi connectivity index (χ1) is 8.76. The van der Waals surface area contributed by atoms with E-state index in [2.05, 4.69) is 9.97 Å². The number of hydrogen-bond donors (Lipinski definition) is 1. The van der Waals surface area contributed by atoms with Gasteiger partial charge in [0.25, 0.3) is 0 Å². The lowest BCUT2D eigenvalue weighted by molar-refractivity contribution is -0.155. The fraction of sp³-hybridized carbons (Fsp3) is 0.417. The molecule has 19 heavy (non-hydrogen) atoms. The molecule has 0 atom stereocenters. The molecule has 2 heterocycles. The Kier molecular flexibility index (Phi) is 3.36. The third kappa shape index (κ3) is 3.14. The lowest BCUT2D eigenvalue weighted by Gasteiger charge is -2.19. The van der Waals surface area contributed by atoms with Gasteiger partial charge in [0, 0.05) is 6.20 Å².